The van der Waals surface area contributed by atoms with E-state index in [1.54, 1.807) is 24.3 Å². The zero-order valence-electron chi connectivity index (χ0n) is 11.4. The van der Waals surface area contributed by atoms with Crippen LogP contribution < -0.4 is 15.9 Å². The van der Waals surface area contributed by atoms with Gasteiger partial charge in [-0.05, 0) is 12.1 Å². The first-order chi connectivity index (χ1) is 9.93. The summed E-state index contributed by atoms with van der Waals surface area (Å²) < 4.78 is 0. The van der Waals surface area contributed by atoms with E-state index in [0.717, 1.165) is 12.1 Å². The van der Waals surface area contributed by atoms with Crippen LogP contribution in [0.15, 0.2) is 54.6 Å². The smallest absolute Gasteiger partial charge is 0.545 e. The Kier molecular flexibility index (Phi) is 11.8. The van der Waals surface area contributed by atoms with Gasteiger partial charge in [0.25, 0.3) is 0 Å². The first-order valence-electron chi connectivity index (χ1n) is 5.80. The van der Waals surface area contributed by atoms with E-state index in [0.29, 0.717) is 5.56 Å². The summed E-state index contributed by atoms with van der Waals surface area (Å²) in [5.74, 6) is -3.42. The molecule has 0 aliphatic carbocycles. The maximum Gasteiger partial charge on any atom is 2.00 e. The third-order valence-electron chi connectivity index (χ3n) is 2.43. The molecule has 0 saturated heterocycles. The summed E-state index contributed by atoms with van der Waals surface area (Å²) in [7, 11) is 0. The van der Waals surface area contributed by atoms with Crippen LogP contribution in [0.1, 0.15) is 31.1 Å². The maximum atomic E-state index is 10.4. The molecule has 0 aromatic heterocycles. The minimum atomic E-state index is -1.52. The van der Waals surface area contributed by atoms with Gasteiger partial charge in [0.1, 0.15) is 0 Å². The number of hydrogen-bond donors (Lipinski definition) is 1. The summed E-state index contributed by atoms with van der Waals surface area (Å²) in [6.45, 7) is 0. The Balaban J connectivity index is 0. The monoisotopic (exact) mass is 455 g/mol. The largest absolute Gasteiger partial charge is 2.00 e. The van der Waals surface area contributed by atoms with Crippen LogP contribution in [0.4, 0.5) is 0 Å². The van der Waals surface area contributed by atoms with E-state index in [-0.39, 0.29) is 56.5 Å². The topological polar surface area (TPSA) is 123 Å². The third-order valence-corrected chi connectivity index (χ3v) is 2.43. The first kappa shape index (κ1) is 23.4. The van der Waals surface area contributed by atoms with Crippen LogP contribution in [0.2, 0.25) is 0 Å². The van der Waals surface area contributed by atoms with Crippen molar-refractivity contribution < 1.29 is 64.0 Å². The Morgan fingerprint density at radius 3 is 1.35 bits per heavy atom. The Hall–Kier alpha value is -1.89. The van der Waals surface area contributed by atoms with Crippen LogP contribution in [0.5, 0.6) is 0 Å². The number of nitrogens with two attached hydrogens (primary N) is 1. The molecule has 0 aliphatic heterocycles. The number of amides is 1. The predicted molar refractivity (Wildman–Crippen MR) is 70.1 cm³/mol. The molecule has 2 N–H and O–H groups in total. The first-order valence-corrected chi connectivity index (χ1v) is 5.80. The van der Waals surface area contributed by atoms with Gasteiger partial charge in [-0.15, -0.1) is 0 Å². The average Bonchev–Trinajstić information content (AvgIpc) is 2.48. The van der Waals surface area contributed by atoms with Crippen molar-refractivity contribution in [1.29, 1.82) is 0 Å². The van der Waals surface area contributed by atoms with E-state index in [4.69, 9.17) is 5.73 Å². The number of carbonyl (C=O) groups is 3. The zero-order chi connectivity index (χ0) is 15.8. The van der Waals surface area contributed by atoms with Gasteiger partial charge >= 0.3 is 39.4 Å². The molecule has 0 unspecified atom stereocenters. The molecule has 127 valence electrons. The van der Waals surface area contributed by atoms with Crippen LogP contribution in [0.3, 0.4) is 0 Å². The number of rotatable bonds is 3. The molecule has 0 bridgehead atoms. The van der Waals surface area contributed by atoms with Crippen molar-refractivity contribution in [3.63, 3.8) is 0 Å². The second-order valence-electron chi connectivity index (χ2n) is 3.85. The van der Waals surface area contributed by atoms with E-state index in [1.165, 1.54) is 12.1 Å². The molecule has 2 aromatic rings. The molecule has 2 aromatic carbocycles. The molecule has 0 aliphatic rings. The van der Waals surface area contributed by atoms with Crippen molar-refractivity contribution in [3.8, 4) is 0 Å². The fourth-order valence-electron chi connectivity index (χ4n) is 1.44. The van der Waals surface area contributed by atoms with Crippen LogP contribution in [-0.4, -0.2) is 17.8 Å². The van der Waals surface area contributed by atoms with E-state index < -0.39 is 11.9 Å². The minimum Gasteiger partial charge on any atom is -0.545 e. The van der Waals surface area contributed by atoms with Gasteiger partial charge in [0.2, 0.25) is 5.91 Å². The van der Waals surface area contributed by atoms with Gasteiger partial charge in [0.05, 0.1) is 11.9 Å². The van der Waals surface area contributed by atoms with Crippen LogP contribution in [-0.2, 0) is 39.4 Å². The summed E-state index contributed by atoms with van der Waals surface area (Å²) >= 11 is 0. The standard InChI is InChI=1S/C8H6O4.C7H7NO.Ag.Cu/c9-7(10)5-3-1-2-4-6(5)8(11)12;8-7(9)6-4-2-1-3-5-6;;/h1-4H,(H,9,10)(H,11,12);1-5H,(H2,8,9);;/q;;+1;+2/p-2. The Labute approximate surface area is 158 Å². The second-order valence-corrected chi connectivity index (χ2v) is 3.85. The normalized spacial score (nSPS) is 8.35. The number of carboxylic acids is 2. The number of carboxylic acid groups (broad SMARTS) is 2. The van der Waals surface area contributed by atoms with Gasteiger partial charge in [0.15, 0.2) is 0 Å². The summed E-state index contributed by atoms with van der Waals surface area (Å²) in [6, 6.07) is 13.9. The fraction of sp³-hybridized carbons (Fsp3) is 0. The molecule has 0 saturated carbocycles. The summed E-state index contributed by atoms with van der Waals surface area (Å²) in [5, 5.41) is 20.6. The average molecular weight is 457 g/mol. The van der Waals surface area contributed by atoms with Crippen LogP contribution in [0.25, 0.3) is 0 Å². The number of aromatic carboxylic acids is 2. The molecule has 2 rings (SSSR count). The van der Waals surface area contributed by atoms with Gasteiger partial charge in [-0.3, -0.25) is 4.79 Å². The minimum absolute atomic E-state index is 0. The van der Waals surface area contributed by atoms with E-state index in [1.807, 2.05) is 6.07 Å². The van der Waals surface area contributed by atoms with Crippen molar-refractivity contribution in [1.82, 2.24) is 0 Å². The quantitative estimate of drug-likeness (QED) is 0.605. The second kappa shape index (κ2) is 11.6. The number of primary amides is 1. The molecule has 1 radical (unpaired) electrons. The van der Waals surface area contributed by atoms with E-state index in [9.17, 15) is 24.6 Å². The summed E-state index contributed by atoms with van der Waals surface area (Å²) in [5.41, 5.74) is 4.80. The van der Waals surface area contributed by atoms with Gasteiger partial charge in [-0.2, -0.15) is 0 Å². The van der Waals surface area contributed by atoms with Crippen molar-refractivity contribution >= 4 is 17.8 Å². The molecular formula is C15H11AgCuNO5+. The van der Waals surface area contributed by atoms with E-state index >= 15 is 0 Å². The molecule has 0 fully saturated rings. The Bertz CT molecular complexity index is 631. The fourth-order valence-corrected chi connectivity index (χ4v) is 1.44. The van der Waals surface area contributed by atoms with Crippen LogP contribution >= 0.6 is 0 Å². The third kappa shape index (κ3) is 7.78. The van der Waals surface area contributed by atoms with Gasteiger partial charge in [-0.1, -0.05) is 42.5 Å². The number of benzene rings is 2. The molecule has 0 spiro atoms. The van der Waals surface area contributed by atoms with E-state index in [2.05, 4.69) is 0 Å². The summed E-state index contributed by atoms with van der Waals surface area (Å²) in [6.07, 6.45) is 0. The number of hydrogen-bond acceptors (Lipinski definition) is 5. The molecule has 8 heteroatoms. The molecule has 1 amide bonds. The molecule has 23 heavy (non-hydrogen) atoms. The van der Waals surface area contributed by atoms with Gasteiger partial charge in [0, 0.05) is 16.7 Å². The molecular weight excluding hydrogens is 446 g/mol. The molecule has 0 atom stereocenters. The molecule has 0 heterocycles. The Morgan fingerprint density at radius 2 is 1.09 bits per heavy atom. The maximum absolute atomic E-state index is 10.4. The molecule has 6 nitrogen and oxygen atoms in total. The van der Waals surface area contributed by atoms with Gasteiger partial charge < -0.3 is 25.5 Å². The number of carbonyl (C=O) groups excluding carboxylic acids is 3. The SMILES string of the molecule is NC(=O)c1ccccc1.O=C([O-])c1ccccc1C(=O)[O-].[Ag+].[Cu+2]. The zero-order valence-corrected chi connectivity index (χ0v) is 13.8. The van der Waals surface area contributed by atoms with Gasteiger partial charge in [-0.25, -0.2) is 0 Å². The van der Waals surface area contributed by atoms with Crippen molar-refractivity contribution in [2.24, 2.45) is 5.73 Å². The Morgan fingerprint density at radius 1 is 0.739 bits per heavy atom. The van der Waals surface area contributed by atoms with Crippen molar-refractivity contribution in [2.75, 3.05) is 0 Å². The van der Waals surface area contributed by atoms with Crippen LogP contribution in [0, 0.1) is 0 Å². The predicted octanol–water partition coefficient (Wildman–Crippen LogP) is -0.806. The van der Waals surface area contributed by atoms with Crippen molar-refractivity contribution in [3.05, 3.63) is 71.3 Å². The summed E-state index contributed by atoms with van der Waals surface area (Å²) in [4.78, 5) is 31.1. The van der Waals surface area contributed by atoms with Crippen molar-refractivity contribution in [2.45, 2.75) is 0 Å².